The Labute approximate surface area is 105 Å². The molecular formula is C14H26O3. The molecule has 3 nitrogen and oxygen atoms in total. The molecule has 1 aliphatic rings. The molecule has 100 valence electrons. The summed E-state index contributed by atoms with van der Waals surface area (Å²) in [5, 5.41) is 10.6. The minimum absolute atomic E-state index is 0.229. The summed E-state index contributed by atoms with van der Waals surface area (Å²) in [5.74, 6) is 0.141. The first kappa shape index (κ1) is 14.5. The van der Waals surface area contributed by atoms with E-state index >= 15 is 0 Å². The van der Waals surface area contributed by atoms with Crippen LogP contribution in [0.15, 0.2) is 0 Å². The van der Waals surface area contributed by atoms with Crippen LogP contribution in [0.3, 0.4) is 0 Å². The molecule has 0 radical (unpaired) electrons. The molecule has 0 amide bonds. The highest BCUT2D eigenvalue weighted by Gasteiger charge is 2.43. The molecule has 0 aromatic rings. The van der Waals surface area contributed by atoms with Crippen molar-refractivity contribution < 1.29 is 14.6 Å². The van der Waals surface area contributed by atoms with Gasteiger partial charge in [0, 0.05) is 0 Å². The number of carbonyl (C=O) groups is 1. The molecule has 1 fully saturated rings. The van der Waals surface area contributed by atoms with Gasteiger partial charge in [-0.1, -0.05) is 20.3 Å². The van der Waals surface area contributed by atoms with Gasteiger partial charge in [-0.3, -0.25) is 4.79 Å². The molecule has 1 aliphatic carbocycles. The Morgan fingerprint density at radius 3 is 2.35 bits per heavy atom. The summed E-state index contributed by atoms with van der Waals surface area (Å²) in [6.07, 6.45) is 5.37. The van der Waals surface area contributed by atoms with Crippen LogP contribution in [0, 0.1) is 11.8 Å². The van der Waals surface area contributed by atoms with E-state index in [0.717, 1.165) is 31.6 Å². The third kappa shape index (κ3) is 3.44. The average molecular weight is 242 g/mol. The van der Waals surface area contributed by atoms with E-state index < -0.39 is 5.60 Å². The van der Waals surface area contributed by atoms with E-state index in [0.29, 0.717) is 13.0 Å². The van der Waals surface area contributed by atoms with Crippen LogP contribution in [0.1, 0.15) is 59.3 Å². The van der Waals surface area contributed by atoms with Crippen molar-refractivity contribution in [1.82, 2.24) is 0 Å². The van der Waals surface area contributed by atoms with Gasteiger partial charge in [-0.15, -0.1) is 0 Å². The molecule has 0 spiro atoms. The third-order valence-corrected chi connectivity index (χ3v) is 4.18. The van der Waals surface area contributed by atoms with Crippen molar-refractivity contribution >= 4 is 5.97 Å². The third-order valence-electron chi connectivity index (χ3n) is 4.18. The van der Waals surface area contributed by atoms with E-state index in [1.165, 1.54) is 6.42 Å². The first-order valence-corrected chi connectivity index (χ1v) is 6.96. The van der Waals surface area contributed by atoms with Crippen molar-refractivity contribution in [3.05, 3.63) is 0 Å². The molecule has 0 aliphatic heterocycles. The summed E-state index contributed by atoms with van der Waals surface area (Å²) >= 11 is 0. The van der Waals surface area contributed by atoms with Crippen LogP contribution in [-0.4, -0.2) is 23.3 Å². The first-order chi connectivity index (χ1) is 8.07. The average Bonchev–Trinajstić information content (AvgIpc) is 2.31. The van der Waals surface area contributed by atoms with Gasteiger partial charge in [0.15, 0.2) is 0 Å². The highest BCUT2D eigenvalue weighted by molar-refractivity contribution is 5.73. The maximum absolute atomic E-state index is 11.8. The van der Waals surface area contributed by atoms with Crippen molar-refractivity contribution in [1.29, 1.82) is 0 Å². The summed E-state index contributed by atoms with van der Waals surface area (Å²) in [7, 11) is 0. The quantitative estimate of drug-likeness (QED) is 0.754. The SMILES string of the molecule is CCOC(=O)C(CC)C1(O)CCC(CC)CC1. The second-order valence-corrected chi connectivity index (χ2v) is 5.17. The molecular weight excluding hydrogens is 216 g/mol. The zero-order chi connectivity index (χ0) is 12.9. The Morgan fingerprint density at radius 1 is 1.35 bits per heavy atom. The fourth-order valence-corrected chi connectivity index (χ4v) is 2.94. The van der Waals surface area contributed by atoms with Crippen LogP contribution in [0.4, 0.5) is 0 Å². The molecule has 1 rings (SSSR count). The number of ether oxygens (including phenoxy) is 1. The van der Waals surface area contributed by atoms with Crippen LogP contribution >= 0.6 is 0 Å². The van der Waals surface area contributed by atoms with Gasteiger partial charge in [0.05, 0.1) is 18.1 Å². The van der Waals surface area contributed by atoms with Gasteiger partial charge < -0.3 is 9.84 Å². The summed E-state index contributed by atoms with van der Waals surface area (Å²) in [6, 6.07) is 0. The van der Waals surface area contributed by atoms with Crippen molar-refractivity contribution in [3.8, 4) is 0 Å². The van der Waals surface area contributed by atoms with Crippen LogP contribution in [-0.2, 0) is 9.53 Å². The largest absolute Gasteiger partial charge is 0.466 e. The Bertz CT molecular complexity index is 242. The molecule has 0 heterocycles. The predicted molar refractivity (Wildman–Crippen MR) is 67.6 cm³/mol. The number of hydrogen-bond donors (Lipinski definition) is 1. The molecule has 1 atom stereocenters. The van der Waals surface area contributed by atoms with Gasteiger partial charge in [0.2, 0.25) is 0 Å². The molecule has 3 heteroatoms. The molecule has 0 aromatic heterocycles. The fraction of sp³-hybridized carbons (Fsp3) is 0.929. The lowest BCUT2D eigenvalue weighted by Crippen LogP contribution is -2.45. The topological polar surface area (TPSA) is 46.5 Å². The molecule has 1 saturated carbocycles. The number of aliphatic hydroxyl groups is 1. The van der Waals surface area contributed by atoms with Gasteiger partial charge in [0.25, 0.3) is 0 Å². The van der Waals surface area contributed by atoms with Gasteiger partial charge in [-0.2, -0.15) is 0 Å². The van der Waals surface area contributed by atoms with Gasteiger partial charge in [0.1, 0.15) is 0 Å². The van der Waals surface area contributed by atoms with E-state index in [4.69, 9.17) is 4.74 Å². The maximum Gasteiger partial charge on any atom is 0.311 e. The number of hydrogen-bond acceptors (Lipinski definition) is 3. The highest BCUT2D eigenvalue weighted by atomic mass is 16.5. The van der Waals surface area contributed by atoms with Crippen molar-refractivity contribution in [2.75, 3.05) is 6.61 Å². The minimum atomic E-state index is -0.827. The normalized spacial score (nSPS) is 30.9. The van der Waals surface area contributed by atoms with Gasteiger partial charge >= 0.3 is 5.97 Å². The summed E-state index contributed by atoms with van der Waals surface area (Å²) in [6.45, 7) is 6.34. The van der Waals surface area contributed by atoms with E-state index in [1.807, 2.05) is 13.8 Å². The van der Waals surface area contributed by atoms with E-state index in [2.05, 4.69) is 6.92 Å². The number of carbonyl (C=O) groups excluding carboxylic acids is 1. The molecule has 0 bridgehead atoms. The number of rotatable bonds is 5. The van der Waals surface area contributed by atoms with Crippen molar-refractivity contribution in [2.45, 2.75) is 64.9 Å². The molecule has 0 saturated heterocycles. The summed E-state index contributed by atoms with van der Waals surface area (Å²) in [5.41, 5.74) is -0.827. The standard InChI is InChI=1S/C14H26O3/c1-4-11-7-9-14(16,10-8-11)12(5-2)13(15)17-6-3/h11-12,16H,4-10H2,1-3H3. The zero-order valence-electron chi connectivity index (χ0n) is 11.4. The molecule has 1 N–H and O–H groups in total. The summed E-state index contributed by atoms with van der Waals surface area (Å²) in [4.78, 5) is 11.8. The Balaban J connectivity index is 2.64. The van der Waals surface area contributed by atoms with Gasteiger partial charge in [-0.05, 0) is 44.9 Å². The maximum atomic E-state index is 11.8. The lowest BCUT2D eigenvalue weighted by molar-refractivity contribution is -0.162. The lowest BCUT2D eigenvalue weighted by Gasteiger charge is -2.40. The second-order valence-electron chi connectivity index (χ2n) is 5.17. The lowest BCUT2D eigenvalue weighted by atomic mass is 9.71. The van der Waals surface area contributed by atoms with Crippen LogP contribution in [0.25, 0.3) is 0 Å². The van der Waals surface area contributed by atoms with E-state index in [1.54, 1.807) is 0 Å². The molecule has 1 unspecified atom stereocenters. The predicted octanol–water partition coefficient (Wildman–Crippen LogP) is 2.91. The monoisotopic (exact) mass is 242 g/mol. The van der Waals surface area contributed by atoms with Crippen LogP contribution < -0.4 is 0 Å². The van der Waals surface area contributed by atoms with Gasteiger partial charge in [-0.25, -0.2) is 0 Å². The molecule has 0 aromatic carbocycles. The van der Waals surface area contributed by atoms with Crippen molar-refractivity contribution in [3.63, 3.8) is 0 Å². The summed E-state index contributed by atoms with van der Waals surface area (Å²) < 4.78 is 5.07. The Hall–Kier alpha value is -0.570. The Kier molecular flexibility index (Phi) is 5.44. The minimum Gasteiger partial charge on any atom is -0.466 e. The highest BCUT2D eigenvalue weighted by Crippen LogP contribution is 2.39. The molecule has 17 heavy (non-hydrogen) atoms. The zero-order valence-corrected chi connectivity index (χ0v) is 11.4. The Morgan fingerprint density at radius 2 is 1.94 bits per heavy atom. The smallest absolute Gasteiger partial charge is 0.311 e. The van der Waals surface area contributed by atoms with Crippen molar-refractivity contribution in [2.24, 2.45) is 11.8 Å². The fourth-order valence-electron chi connectivity index (χ4n) is 2.94. The van der Waals surface area contributed by atoms with E-state index in [9.17, 15) is 9.90 Å². The first-order valence-electron chi connectivity index (χ1n) is 6.96. The van der Waals surface area contributed by atoms with E-state index in [-0.39, 0.29) is 11.9 Å². The van der Waals surface area contributed by atoms with Crippen LogP contribution in [0.2, 0.25) is 0 Å². The van der Waals surface area contributed by atoms with Crippen LogP contribution in [0.5, 0.6) is 0 Å². The second kappa shape index (κ2) is 6.39. The number of esters is 1.